The van der Waals surface area contributed by atoms with Gasteiger partial charge in [0.1, 0.15) is 0 Å². The molecule has 0 radical (unpaired) electrons. The highest BCUT2D eigenvalue weighted by Gasteiger charge is 2.19. The highest BCUT2D eigenvalue weighted by molar-refractivity contribution is 5.21. The molecule has 17 heavy (non-hydrogen) atoms. The SMILES string of the molecule is CC=C[N+](CC)(CC)CCc1ccc(C)cc1. The van der Waals surface area contributed by atoms with Gasteiger partial charge in [0.2, 0.25) is 0 Å². The number of aryl methyl sites for hydroxylation is 1. The fourth-order valence-corrected chi connectivity index (χ4v) is 2.25. The molecule has 1 heteroatoms. The second-order valence-corrected chi connectivity index (χ2v) is 4.79. The number of likely N-dealkylation sites (N-methyl/N-ethyl adjacent to an activating group) is 1. The quantitative estimate of drug-likeness (QED) is 0.652. The van der Waals surface area contributed by atoms with Crippen molar-refractivity contribution in [3.05, 3.63) is 47.7 Å². The zero-order valence-electron chi connectivity index (χ0n) is 11.7. The lowest BCUT2D eigenvalue weighted by Gasteiger charge is -2.32. The molecule has 1 rings (SSSR count). The van der Waals surface area contributed by atoms with E-state index in [-0.39, 0.29) is 0 Å². The van der Waals surface area contributed by atoms with Gasteiger partial charge in [-0.25, -0.2) is 0 Å². The highest BCUT2D eigenvalue weighted by Crippen LogP contribution is 2.12. The third-order valence-electron chi connectivity index (χ3n) is 3.69. The van der Waals surface area contributed by atoms with Crippen molar-refractivity contribution in [2.45, 2.75) is 34.1 Å². The molecular formula is C16H26N+. The zero-order valence-corrected chi connectivity index (χ0v) is 11.7. The Bertz CT molecular complexity index is 344. The van der Waals surface area contributed by atoms with Crippen molar-refractivity contribution in [2.75, 3.05) is 19.6 Å². The lowest BCUT2D eigenvalue weighted by atomic mass is 10.1. The number of hydrogen-bond donors (Lipinski definition) is 0. The molecule has 0 heterocycles. The fraction of sp³-hybridized carbons (Fsp3) is 0.500. The van der Waals surface area contributed by atoms with Gasteiger partial charge in [-0.05, 0) is 39.3 Å². The zero-order chi connectivity index (χ0) is 12.7. The second-order valence-electron chi connectivity index (χ2n) is 4.79. The standard InChI is InChI=1S/C16H26N/c1-5-13-17(6-2,7-3)14-12-16-10-8-15(4)9-11-16/h5,8-11,13H,6-7,12,14H2,1-4H3/q+1. The number of hydrogen-bond acceptors (Lipinski definition) is 0. The molecule has 0 aliphatic rings. The molecule has 1 aromatic carbocycles. The largest absolute Gasteiger partial charge is 0.298 e. The number of nitrogens with zero attached hydrogens (tertiary/aromatic N) is 1. The summed E-state index contributed by atoms with van der Waals surface area (Å²) in [6, 6.07) is 8.92. The Morgan fingerprint density at radius 2 is 1.65 bits per heavy atom. The van der Waals surface area contributed by atoms with Gasteiger partial charge < -0.3 is 0 Å². The van der Waals surface area contributed by atoms with Crippen LogP contribution in [0, 0.1) is 6.92 Å². The first kappa shape index (κ1) is 14.0. The van der Waals surface area contributed by atoms with E-state index in [1.54, 1.807) is 0 Å². The summed E-state index contributed by atoms with van der Waals surface area (Å²) in [6.45, 7) is 12.4. The van der Waals surface area contributed by atoms with Gasteiger partial charge in [-0.2, -0.15) is 0 Å². The van der Waals surface area contributed by atoms with Crippen molar-refractivity contribution < 1.29 is 4.48 Å². The fourth-order valence-electron chi connectivity index (χ4n) is 2.25. The van der Waals surface area contributed by atoms with Crippen LogP contribution in [-0.4, -0.2) is 24.1 Å². The molecule has 0 bridgehead atoms. The molecule has 0 aliphatic heterocycles. The topological polar surface area (TPSA) is 0 Å². The van der Waals surface area contributed by atoms with E-state index >= 15 is 0 Å². The number of quaternary nitrogens is 1. The molecule has 0 N–H and O–H groups in total. The first-order valence-corrected chi connectivity index (χ1v) is 6.71. The van der Waals surface area contributed by atoms with Crippen LogP contribution in [-0.2, 0) is 6.42 Å². The van der Waals surface area contributed by atoms with Gasteiger partial charge in [0.05, 0.1) is 25.8 Å². The summed E-state index contributed by atoms with van der Waals surface area (Å²) in [6.07, 6.45) is 5.68. The van der Waals surface area contributed by atoms with E-state index in [0.717, 1.165) is 10.9 Å². The Kier molecular flexibility index (Phi) is 5.43. The summed E-state index contributed by atoms with van der Waals surface area (Å²) in [5.74, 6) is 0. The van der Waals surface area contributed by atoms with Crippen molar-refractivity contribution in [1.82, 2.24) is 0 Å². The van der Waals surface area contributed by atoms with Crippen molar-refractivity contribution in [3.63, 3.8) is 0 Å². The lowest BCUT2D eigenvalue weighted by Crippen LogP contribution is -2.43. The Balaban J connectivity index is 2.66. The Morgan fingerprint density at radius 3 is 2.12 bits per heavy atom. The predicted octanol–water partition coefficient (Wildman–Crippen LogP) is 3.93. The van der Waals surface area contributed by atoms with Crippen molar-refractivity contribution >= 4 is 0 Å². The minimum atomic E-state index is 1.09. The van der Waals surface area contributed by atoms with Crippen LogP contribution >= 0.6 is 0 Å². The molecule has 1 aromatic rings. The summed E-state index contributed by atoms with van der Waals surface area (Å²) >= 11 is 0. The molecule has 0 aromatic heterocycles. The summed E-state index contributed by atoms with van der Waals surface area (Å²) in [5.41, 5.74) is 2.79. The molecule has 94 valence electrons. The molecule has 0 aliphatic carbocycles. The summed E-state index contributed by atoms with van der Waals surface area (Å²) in [7, 11) is 0. The maximum atomic E-state index is 2.34. The van der Waals surface area contributed by atoms with Gasteiger partial charge in [0, 0.05) is 6.42 Å². The first-order chi connectivity index (χ1) is 8.15. The number of rotatable bonds is 6. The first-order valence-electron chi connectivity index (χ1n) is 6.71. The number of benzene rings is 1. The van der Waals surface area contributed by atoms with Crippen LogP contribution in [0.5, 0.6) is 0 Å². The molecule has 1 nitrogen and oxygen atoms in total. The summed E-state index contributed by atoms with van der Waals surface area (Å²) < 4.78 is 1.09. The normalized spacial score (nSPS) is 12.2. The highest BCUT2D eigenvalue weighted by atomic mass is 15.3. The van der Waals surface area contributed by atoms with E-state index < -0.39 is 0 Å². The van der Waals surface area contributed by atoms with E-state index in [2.05, 4.69) is 64.2 Å². The molecule has 0 saturated carbocycles. The van der Waals surface area contributed by atoms with Crippen LogP contribution in [0.15, 0.2) is 36.5 Å². The van der Waals surface area contributed by atoms with Gasteiger partial charge in [-0.15, -0.1) is 0 Å². The van der Waals surface area contributed by atoms with E-state index in [1.807, 2.05) is 0 Å². The molecular weight excluding hydrogens is 206 g/mol. The van der Waals surface area contributed by atoms with E-state index in [0.29, 0.717) is 0 Å². The van der Waals surface area contributed by atoms with Crippen LogP contribution < -0.4 is 0 Å². The maximum Gasteiger partial charge on any atom is 0.0915 e. The molecule has 0 saturated heterocycles. The second kappa shape index (κ2) is 6.61. The lowest BCUT2D eigenvalue weighted by molar-refractivity contribution is -0.875. The minimum Gasteiger partial charge on any atom is -0.298 e. The van der Waals surface area contributed by atoms with Crippen LogP contribution in [0.3, 0.4) is 0 Å². The van der Waals surface area contributed by atoms with Crippen LogP contribution in [0.4, 0.5) is 0 Å². The molecule has 0 amide bonds. The average molecular weight is 232 g/mol. The third-order valence-corrected chi connectivity index (χ3v) is 3.69. The Morgan fingerprint density at radius 1 is 1.06 bits per heavy atom. The Hall–Kier alpha value is -1.08. The van der Waals surface area contributed by atoms with Gasteiger partial charge in [-0.3, -0.25) is 4.48 Å². The van der Waals surface area contributed by atoms with Crippen LogP contribution in [0.25, 0.3) is 0 Å². The summed E-state index contributed by atoms with van der Waals surface area (Å²) in [5, 5.41) is 0. The molecule has 0 spiro atoms. The predicted molar refractivity (Wildman–Crippen MR) is 75.9 cm³/mol. The van der Waals surface area contributed by atoms with Gasteiger partial charge in [0.25, 0.3) is 0 Å². The van der Waals surface area contributed by atoms with Gasteiger partial charge in [0.15, 0.2) is 0 Å². The minimum absolute atomic E-state index is 1.09. The maximum absolute atomic E-state index is 2.34. The van der Waals surface area contributed by atoms with Crippen molar-refractivity contribution in [1.29, 1.82) is 0 Å². The third kappa shape index (κ3) is 4.01. The molecule has 0 atom stereocenters. The monoisotopic (exact) mass is 232 g/mol. The van der Waals surface area contributed by atoms with Gasteiger partial charge in [-0.1, -0.05) is 29.8 Å². The smallest absolute Gasteiger partial charge is 0.0915 e. The molecule has 0 unspecified atom stereocenters. The number of allylic oxidation sites excluding steroid dienone is 1. The van der Waals surface area contributed by atoms with Gasteiger partial charge >= 0.3 is 0 Å². The Labute approximate surface area is 106 Å². The van der Waals surface area contributed by atoms with E-state index in [9.17, 15) is 0 Å². The van der Waals surface area contributed by atoms with Crippen molar-refractivity contribution in [2.24, 2.45) is 0 Å². The van der Waals surface area contributed by atoms with E-state index in [4.69, 9.17) is 0 Å². The van der Waals surface area contributed by atoms with E-state index in [1.165, 1.54) is 30.8 Å². The molecule has 0 fully saturated rings. The summed E-state index contributed by atoms with van der Waals surface area (Å²) in [4.78, 5) is 0. The van der Waals surface area contributed by atoms with Crippen LogP contribution in [0.1, 0.15) is 31.9 Å². The van der Waals surface area contributed by atoms with Crippen molar-refractivity contribution in [3.8, 4) is 0 Å². The average Bonchev–Trinajstić information content (AvgIpc) is 2.36. The van der Waals surface area contributed by atoms with Crippen LogP contribution in [0.2, 0.25) is 0 Å².